The Hall–Kier alpha value is -0.772. The second-order valence-electron chi connectivity index (χ2n) is 5.48. The van der Waals surface area contributed by atoms with Crippen LogP contribution in [0.2, 0.25) is 5.02 Å². The topological polar surface area (TPSA) is 49.6 Å². The van der Waals surface area contributed by atoms with Gasteiger partial charge in [0.05, 0.1) is 0 Å². The van der Waals surface area contributed by atoms with Crippen LogP contribution < -0.4 is 10.1 Å². The number of likely N-dealkylation sites (tertiary alicyclic amines) is 1. The molecule has 1 saturated heterocycles. The third-order valence-corrected chi connectivity index (χ3v) is 6.82. The fraction of sp³-hybridized carbons (Fsp3) is 0.500. The number of piperidine rings is 1. The van der Waals surface area contributed by atoms with Gasteiger partial charge in [-0.2, -0.15) is 0 Å². The summed E-state index contributed by atoms with van der Waals surface area (Å²) in [7, 11) is 3.50. The van der Waals surface area contributed by atoms with Crippen molar-refractivity contribution >= 4 is 37.7 Å². The van der Waals surface area contributed by atoms with Crippen molar-refractivity contribution in [1.82, 2.24) is 9.80 Å². The summed E-state index contributed by atoms with van der Waals surface area (Å²) >= 11 is 5.50. The van der Waals surface area contributed by atoms with E-state index in [9.17, 15) is 9.18 Å². The van der Waals surface area contributed by atoms with Gasteiger partial charge in [0.25, 0.3) is 0 Å². The number of carbonyl (C=O) groups is 1. The molecule has 1 heterocycles. The Morgan fingerprint density at radius 3 is 2.57 bits per heavy atom. The van der Waals surface area contributed by atoms with Gasteiger partial charge >= 0.3 is 136 Å². The molecule has 1 aromatic carbocycles. The third kappa shape index (κ3) is 4.12. The van der Waals surface area contributed by atoms with Crippen molar-refractivity contribution in [2.24, 2.45) is 5.73 Å². The van der Waals surface area contributed by atoms with E-state index in [1.165, 1.54) is 6.07 Å². The van der Waals surface area contributed by atoms with E-state index in [0.717, 1.165) is 17.2 Å². The third-order valence-electron chi connectivity index (χ3n) is 3.54. The fourth-order valence-corrected chi connectivity index (χ4v) is 5.32. The van der Waals surface area contributed by atoms with Gasteiger partial charge < -0.3 is 0 Å². The molecular formula is C14H19AsClFN3O. The van der Waals surface area contributed by atoms with Gasteiger partial charge in [-0.3, -0.25) is 0 Å². The minimum absolute atomic E-state index is 0.0260. The van der Waals surface area contributed by atoms with E-state index in [2.05, 4.69) is 0 Å². The number of rotatable bonds is 2. The molecule has 1 aromatic rings. The number of urea groups is 1. The molecule has 21 heavy (non-hydrogen) atoms. The first-order valence-corrected chi connectivity index (χ1v) is 8.99. The van der Waals surface area contributed by atoms with E-state index in [1.54, 1.807) is 31.1 Å². The van der Waals surface area contributed by atoms with E-state index in [4.69, 9.17) is 17.3 Å². The summed E-state index contributed by atoms with van der Waals surface area (Å²) < 4.78 is 13.9. The summed E-state index contributed by atoms with van der Waals surface area (Å²) in [6.07, 6.45) is 1.53. The molecule has 4 nitrogen and oxygen atoms in total. The molecular weight excluding hydrogens is 356 g/mol. The van der Waals surface area contributed by atoms with Crippen LogP contribution in [-0.4, -0.2) is 63.1 Å². The minimum atomic E-state index is -0.404. The zero-order valence-electron chi connectivity index (χ0n) is 12.1. The Labute approximate surface area is 136 Å². The molecule has 0 bridgehead atoms. The number of hydrogen-bond donors (Lipinski definition) is 1. The molecule has 0 atom stereocenters. The Morgan fingerprint density at radius 1 is 1.43 bits per heavy atom. The molecule has 0 spiro atoms. The number of nitrogens with zero attached hydrogens (tertiary/aromatic N) is 2. The number of nitrogens with two attached hydrogens (primary N) is 1. The number of carbonyl (C=O) groups excluding carboxylic acids is 1. The van der Waals surface area contributed by atoms with Crippen molar-refractivity contribution in [1.29, 1.82) is 0 Å². The molecule has 0 saturated carbocycles. The van der Waals surface area contributed by atoms with Crippen molar-refractivity contribution < 1.29 is 9.18 Å². The summed E-state index contributed by atoms with van der Waals surface area (Å²) in [5, 5.41) is 0.145. The second kappa shape index (κ2) is 6.55. The molecule has 1 radical (unpaired) electrons. The molecule has 2 rings (SSSR count). The summed E-state index contributed by atoms with van der Waals surface area (Å²) in [6, 6.07) is 4.84. The first-order valence-electron chi connectivity index (χ1n) is 6.74. The molecule has 1 aliphatic rings. The first-order chi connectivity index (χ1) is 9.81. The molecule has 0 unspecified atom stereocenters. The van der Waals surface area contributed by atoms with E-state index >= 15 is 0 Å². The van der Waals surface area contributed by atoms with Crippen LogP contribution in [0.25, 0.3) is 0 Å². The summed E-state index contributed by atoms with van der Waals surface area (Å²) in [6.45, 7) is 1.33. The Morgan fingerprint density at radius 2 is 2.05 bits per heavy atom. The van der Waals surface area contributed by atoms with Crippen LogP contribution in [0.15, 0.2) is 18.2 Å². The van der Waals surface area contributed by atoms with Gasteiger partial charge in [-0.1, -0.05) is 0 Å². The molecule has 1 aliphatic heterocycles. The molecule has 2 N–H and O–H groups in total. The molecule has 115 valence electrons. The van der Waals surface area contributed by atoms with Crippen molar-refractivity contribution in [3.05, 3.63) is 29.0 Å². The second-order valence-corrected chi connectivity index (χ2v) is 9.31. The van der Waals surface area contributed by atoms with Gasteiger partial charge in [0.1, 0.15) is 0 Å². The van der Waals surface area contributed by atoms with Gasteiger partial charge in [-0.25, -0.2) is 0 Å². The molecule has 7 heteroatoms. The number of amides is 2. The van der Waals surface area contributed by atoms with Crippen LogP contribution >= 0.6 is 11.6 Å². The van der Waals surface area contributed by atoms with Crippen LogP contribution in [-0.2, 0) is 0 Å². The van der Waals surface area contributed by atoms with Gasteiger partial charge in [-0.05, 0) is 0 Å². The Kier molecular flexibility index (Phi) is 5.18. The van der Waals surface area contributed by atoms with E-state index in [0.29, 0.717) is 13.1 Å². The normalized spacial score (nSPS) is 18.2. The average Bonchev–Trinajstić information content (AvgIpc) is 2.43. The van der Waals surface area contributed by atoms with Crippen LogP contribution in [0.4, 0.5) is 9.18 Å². The maximum absolute atomic E-state index is 13.2. The number of halogens is 2. The van der Waals surface area contributed by atoms with E-state index in [1.807, 2.05) is 4.90 Å². The zero-order chi connectivity index (χ0) is 15.6. The van der Waals surface area contributed by atoms with Gasteiger partial charge in [-0.15, -0.1) is 0 Å². The van der Waals surface area contributed by atoms with Crippen molar-refractivity contribution in [2.75, 3.05) is 27.2 Å². The standard InChI is InChI=1S/C14H19AsClFN3O/c1-19(2)13(21)20-7-5-14(18,6-8-20)15-10-3-4-12(17)11(16)9-10/h3-4,9H,5-8,18H2,1-2H3. The van der Waals surface area contributed by atoms with Crippen molar-refractivity contribution in [3.63, 3.8) is 0 Å². The summed E-state index contributed by atoms with van der Waals surface area (Å²) in [4.78, 5) is 15.3. The maximum atomic E-state index is 13.2. The van der Waals surface area contributed by atoms with Crippen LogP contribution in [0.5, 0.6) is 0 Å². The SMILES string of the molecule is CN(C)C(=O)N1CCC(N)([As]c2ccc(F)c(Cl)c2)CC1. The Bertz CT molecular complexity index is 533. The van der Waals surface area contributed by atoms with E-state index < -0.39 is 5.82 Å². The van der Waals surface area contributed by atoms with Crippen LogP contribution in [0.3, 0.4) is 0 Å². The zero-order valence-corrected chi connectivity index (χ0v) is 14.8. The van der Waals surface area contributed by atoms with Gasteiger partial charge in [0, 0.05) is 0 Å². The predicted molar refractivity (Wildman–Crippen MR) is 83.6 cm³/mol. The quantitative estimate of drug-likeness (QED) is 0.792. The first kappa shape index (κ1) is 16.6. The summed E-state index contributed by atoms with van der Waals surface area (Å²) in [5.74, 6) is -0.404. The number of benzene rings is 1. The van der Waals surface area contributed by atoms with Gasteiger partial charge in [0.2, 0.25) is 0 Å². The van der Waals surface area contributed by atoms with Crippen LogP contribution in [0, 0.1) is 5.82 Å². The van der Waals surface area contributed by atoms with Crippen molar-refractivity contribution in [3.8, 4) is 0 Å². The molecule has 2 amide bonds. The van der Waals surface area contributed by atoms with Crippen LogP contribution in [0.1, 0.15) is 12.8 Å². The molecule has 1 fully saturated rings. The average molecular weight is 375 g/mol. The predicted octanol–water partition coefficient (Wildman–Crippen LogP) is 1.24. The monoisotopic (exact) mass is 374 g/mol. The molecule has 0 aromatic heterocycles. The van der Waals surface area contributed by atoms with E-state index in [-0.39, 0.29) is 31.1 Å². The fourth-order valence-electron chi connectivity index (χ4n) is 2.29. The molecule has 0 aliphatic carbocycles. The van der Waals surface area contributed by atoms with Crippen molar-refractivity contribution in [2.45, 2.75) is 17.2 Å². The van der Waals surface area contributed by atoms with Gasteiger partial charge in [0.15, 0.2) is 0 Å². The summed E-state index contributed by atoms with van der Waals surface area (Å²) in [5.41, 5.74) is 6.47. The number of hydrogen-bond acceptors (Lipinski definition) is 2. The Balaban J connectivity index is 1.98.